The molecule has 1 atom stereocenters. The van der Waals surface area contributed by atoms with Gasteiger partial charge >= 0.3 is 0 Å². The fourth-order valence-electron chi connectivity index (χ4n) is 3.20. The summed E-state index contributed by atoms with van der Waals surface area (Å²) < 4.78 is 12.8. The summed E-state index contributed by atoms with van der Waals surface area (Å²) in [5.74, 6) is 1.31. The Labute approximate surface area is 170 Å². The highest BCUT2D eigenvalue weighted by atomic mass is 16.5. The number of carbonyl (C=O) groups excluding carboxylic acids is 1. The Morgan fingerprint density at radius 3 is 2.93 bits per heavy atom. The van der Waals surface area contributed by atoms with Gasteiger partial charge in [-0.25, -0.2) is 0 Å². The van der Waals surface area contributed by atoms with Crippen molar-refractivity contribution in [1.29, 1.82) is 0 Å². The first-order valence-corrected chi connectivity index (χ1v) is 9.58. The molecule has 156 valence electrons. The predicted molar refractivity (Wildman–Crippen MR) is 110 cm³/mol. The molecule has 29 heavy (non-hydrogen) atoms. The van der Waals surface area contributed by atoms with E-state index in [-0.39, 0.29) is 12.0 Å². The van der Waals surface area contributed by atoms with Crippen molar-refractivity contribution < 1.29 is 14.3 Å². The first-order valence-electron chi connectivity index (χ1n) is 9.58. The van der Waals surface area contributed by atoms with E-state index >= 15 is 0 Å². The summed E-state index contributed by atoms with van der Waals surface area (Å²) in [6.45, 7) is 3.11. The summed E-state index contributed by atoms with van der Waals surface area (Å²) >= 11 is 0. The lowest BCUT2D eigenvalue weighted by Crippen LogP contribution is -2.49. The minimum Gasteiger partial charge on any atom is -0.497 e. The monoisotopic (exact) mass is 400 g/mol. The van der Waals surface area contributed by atoms with Crippen LogP contribution in [-0.4, -0.2) is 73.5 Å². The second-order valence-corrected chi connectivity index (χ2v) is 6.71. The molecule has 2 N–H and O–H groups in total. The zero-order chi connectivity index (χ0) is 20.6. The Balaban J connectivity index is 1.47. The minimum absolute atomic E-state index is 0.0382. The first kappa shape index (κ1) is 20.7. The van der Waals surface area contributed by atoms with Crippen LogP contribution in [0.4, 0.5) is 0 Å². The molecule has 3 rings (SSSR count). The van der Waals surface area contributed by atoms with Crippen LogP contribution in [0.1, 0.15) is 22.0 Å². The lowest BCUT2D eigenvalue weighted by molar-refractivity contribution is -0.00800. The smallest absolute Gasteiger partial charge is 0.251 e. The number of ether oxygens (including phenoxy) is 2. The molecular formula is C20H28N6O3. The fourth-order valence-corrected chi connectivity index (χ4v) is 3.20. The molecule has 0 bridgehead atoms. The van der Waals surface area contributed by atoms with Crippen LogP contribution in [0.15, 0.2) is 41.7 Å². The third-order valence-corrected chi connectivity index (χ3v) is 4.70. The van der Waals surface area contributed by atoms with Gasteiger partial charge in [-0.05, 0) is 18.2 Å². The van der Waals surface area contributed by atoms with Gasteiger partial charge in [-0.3, -0.25) is 14.5 Å². The molecule has 1 aliphatic heterocycles. The summed E-state index contributed by atoms with van der Waals surface area (Å²) in [6.07, 6.45) is 3.76. The van der Waals surface area contributed by atoms with Gasteiger partial charge in [0.25, 0.3) is 5.91 Å². The standard InChI is InChI=1S/C20H28N6O3/c1-21-20(26-9-10-29-18(14-26)16-12-24-25(2)13-16)23-8-7-22-19(27)15-5-4-6-17(11-15)28-3/h4-6,11-13,18H,7-10,14H2,1-3H3,(H,21,23)(H,22,27). The number of nitrogens with zero attached hydrogens (tertiary/aromatic N) is 4. The maximum atomic E-state index is 12.3. The number of aliphatic imine (C=N–C) groups is 1. The van der Waals surface area contributed by atoms with Crippen molar-refractivity contribution in [3.05, 3.63) is 47.8 Å². The van der Waals surface area contributed by atoms with E-state index in [4.69, 9.17) is 9.47 Å². The normalized spacial score (nSPS) is 17.1. The molecule has 0 aliphatic carbocycles. The fraction of sp³-hybridized carbons (Fsp3) is 0.450. The van der Waals surface area contributed by atoms with Crippen LogP contribution in [0.3, 0.4) is 0 Å². The summed E-state index contributed by atoms with van der Waals surface area (Å²) in [7, 11) is 5.23. The molecule has 1 unspecified atom stereocenters. The maximum Gasteiger partial charge on any atom is 0.251 e. The van der Waals surface area contributed by atoms with E-state index in [0.29, 0.717) is 37.6 Å². The van der Waals surface area contributed by atoms with Gasteiger partial charge in [0.15, 0.2) is 5.96 Å². The molecule has 0 spiro atoms. The van der Waals surface area contributed by atoms with Gasteiger partial charge in [0.2, 0.25) is 0 Å². The van der Waals surface area contributed by atoms with Crippen molar-refractivity contribution in [2.75, 3.05) is 46.9 Å². The second kappa shape index (κ2) is 9.92. The number of guanidine groups is 1. The first-order chi connectivity index (χ1) is 14.1. The third kappa shape index (κ3) is 5.47. The average molecular weight is 400 g/mol. The van der Waals surface area contributed by atoms with Crippen molar-refractivity contribution in [3.8, 4) is 5.75 Å². The molecular weight excluding hydrogens is 372 g/mol. The molecule has 1 aromatic heterocycles. The second-order valence-electron chi connectivity index (χ2n) is 6.71. The SMILES string of the molecule is CN=C(NCCNC(=O)c1cccc(OC)c1)N1CCOC(c2cnn(C)c2)C1. The summed E-state index contributed by atoms with van der Waals surface area (Å²) in [6, 6.07) is 7.08. The van der Waals surface area contributed by atoms with Gasteiger partial charge in [0.05, 0.1) is 26.5 Å². The van der Waals surface area contributed by atoms with Crippen LogP contribution in [0.5, 0.6) is 5.75 Å². The molecule has 0 saturated carbocycles. The molecule has 1 fully saturated rings. The minimum atomic E-state index is -0.135. The number of morpholine rings is 1. The van der Waals surface area contributed by atoms with E-state index < -0.39 is 0 Å². The number of benzene rings is 1. The topological polar surface area (TPSA) is 93.0 Å². The number of hydrogen-bond donors (Lipinski definition) is 2. The van der Waals surface area contributed by atoms with Gasteiger partial charge < -0.3 is 25.0 Å². The van der Waals surface area contributed by atoms with Gasteiger partial charge in [-0.15, -0.1) is 0 Å². The van der Waals surface area contributed by atoms with E-state index in [2.05, 4.69) is 25.6 Å². The Morgan fingerprint density at radius 1 is 1.38 bits per heavy atom. The third-order valence-electron chi connectivity index (χ3n) is 4.70. The Morgan fingerprint density at radius 2 is 2.21 bits per heavy atom. The van der Waals surface area contributed by atoms with E-state index in [1.54, 1.807) is 37.0 Å². The molecule has 2 aromatic rings. The van der Waals surface area contributed by atoms with Gasteiger partial charge in [-0.2, -0.15) is 5.10 Å². The highest BCUT2D eigenvalue weighted by Crippen LogP contribution is 2.21. The van der Waals surface area contributed by atoms with Crippen molar-refractivity contribution in [2.24, 2.45) is 12.0 Å². The van der Waals surface area contributed by atoms with E-state index in [1.165, 1.54) is 0 Å². The number of methoxy groups -OCH3 is 1. The van der Waals surface area contributed by atoms with Crippen molar-refractivity contribution in [1.82, 2.24) is 25.3 Å². The number of carbonyl (C=O) groups is 1. The van der Waals surface area contributed by atoms with Crippen LogP contribution < -0.4 is 15.4 Å². The van der Waals surface area contributed by atoms with Crippen molar-refractivity contribution >= 4 is 11.9 Å². The largest absolute Gasteiger partial charge is 0.497 e. The summed E-state index contributed by atoms with van der Waals surface area (Å²) in [5, 5.41) is 10.4. The molecule has 1 amide bonds. The van der Waals surface area contributed by atoms with Crippen LogP contribution in [0.2, 0.25) is 0 Å². The zero-order valence-corrected chi connectivity index (χ0v) is 17.1. The van der Waals surface area contributed by atoms with E-state index in [9.17, 15) is 4.79 Å². The van der Waals surface area contributed by atoms with E-state index in [0.717, 1.165) is 18.1 Å². The highest BCUT2D eigenvalue weighted by Gasteiger charge is 2.25. The average Bonchev–Trinajstić information content (AvgIpc) is 3.20. The number of aryl methyl sites for hydroxylation is 1. The molecule has 1 aliphatic rings. The van der Waals surface area contributed by atoms with Crippen LogP contribution in [0, 0.1) is 0 Å². The Kier molecular flexibility index (Phi) is 7.07. The maximum absolute atomic E-state index is 12.3. The van der Waals surface area contributed by atoms with Crippen LogP contribution in [0.25, 0.3) is 0 Å². The number of aromatic nitrogens is 2. The Hall–Kier alpha value is -3.07. The number of nitrogens with one attached hydrogen (secondary N) is 2. The molecule has 9 nitrogen and oxygen atoms in total. The zero-order valence-electron chi connectivity index (χ0n) is 17.1. The summed E-state index contributed by atoms with van der Waals surface area (Å²) in [4.78, 5) is 18.8. The summed E-state index contributed by atoms with van der Waals surface area (Å²) in [5.41, 5.74) is 1.62. The van der Waals surface area contributed by atoms with Crippen LogP contribution >= 0.6 is 0 Å². The number of amides is 1. The Bertz CT molecular complexity index is 850. The van der Waals surface area contributed by atoms with Crippen LogP contribution in [-0.2, 0) is 11.8 Å². The molecule has 9 heteroatoms. The molecule has 1 saturated heterocycles. The van der Waals surface area contributed by atoms with Crippen molar-refractivity contribution in [2.45, 2.75) is 6.10 Å². The van der Waals surface area contributed by atoms with Gasteiger partial charge in [0, 0.05) is 51.1 Å². The molecule has 0 radical (unpaired) electrons. The predicted octanol–water partition coefficient (Wildman–Crippen LogP) is 0.807. The molecule has 2 heterocycles. The van der Waals surface area contributed by atoms with Crippen molar-refractivity contribution in [3.63, 3.8) is 0 Å². The number of hydrogen-bond acceptors (Lipinski definition) is 5. The molecule has 1 aromatic carbocycles. The lowest BCUT2D eigenvalue weighted by atomic mass is 10.1. The number of rotatable bonds is 6. The van der Waals surface area contributed by atoms with Gasteiger partial charge in [0.1, 0.15) is 11.9 Å². The highest BCUT2D eigenvalue weighted by molar-refractivity contribution is 5.94. The quantitative estimate of drug-likeness (QED) is 0.423. The lowest BCUT2D eigenvalue weighted by Gasteiger charge is -2.34. The van der Waals surface area contributed by atoms with Gasteiger partial charge in [-0.1, -0.05) is 6.07 Å². The van der Waals surface area contributed by atoms with E-state index in [1.807, 2.05) is 25.5 Å².